The lowest BCUT2D eigenvalue weighted by molar-refractivity contribution is -0.157. The molecule has 0 spiro atoms. The third-order valence-corrected chi connectivity index (χ3v) is 3.38. The fraction of sp³-hybridized carbons (Fsp3) is 0.500. The van der Waals surface area contributed by atoms with E-state index < -0.39 is 30.5 Å². The Bertz CT molecular complexity index is 588. The van der Waals surface area contributed by atoms with Gasteiger partial charge >= 0.3 is 12.1 Å². The molecule has 2 N–H and O–H groups in total. The molecule has 0 saturated heterocycles. The lowest BCUT2D eigenvalue weighted by atomic mass is 9.96. The van der Waals surface area contributed by atoms with Gasteiger partial charge in [0.1, 0.15) is 12.1 Å². The van der Waals surface area contributed by atoms with Crippen LogP contribution in [0.15, 0.2) is 18.3 Å². The number of halogens is 3. The van der Waals surface area contributed by atoms with Crippen molar-refractivity contribution in [3.63, 3.8) is 0 Å². The summed E-state index contributed by atoms with van der Waals surface area (Å²) < 4.78 is 42.5. The van der Waals surface area contributed by atoms with Gasteiger partial charge in [-0.2, -0.15) is 13.2 Å². The molecule has 9 heteroatoms. The Hall–Kier alpha value is -2.32. The van der Waals surface area contributed by atoms with Crippen molar-refractivity contribution in [3.05, 3.63) is 23.9 Å². The first-order valence-electron chi connectivity index (χ1n) is 6.98. The van der Waals surface area contributed by atoms with Crippen LogP contribution in [0.5, 0.6) is 5.88 Å². The molecule has 2 rings (SSSR count). The molecule has 1 aromatic heterocycles. The fourth-order valence-electron chi connectivity index (χ4n) is 1.95. The van der Waals surface area contributed by atoms with Crippen molar-refractivity contribution in [1.29, 1.82) is 0 Å². The van der Waals surface area contributed by atoms with Crippen molar-refractivity contribution in [2.24, 2.45) is 0 Å². The zero-order chi connectivity index (χ0) is 17.0. The summed E-state index contributed by atoms with van der Waals surface area (Å²) >= 11 is 0. The third-order valence-electron chi connectivity index (χ3n) is 3.38. The lowest BCUT2D eigenvalue weighted by Crippen LogP contribution is -2.43. The summed E-state index contributed by atoms with van der Waals surface area (Å²) in [5.41, 5.74) is -0.0113. The van der Waals surface area contributed by atoms with Crippen molar-refractivity contribution in [2.75, 3.05) is 0 Å². The van der Waals surface area contributed by atoms with E-state index in [1.54, 1.807) is 0 Å². The standard InChI is InChI=1S/C14H15F3N2O4/c15-14(16,17)7-10(13(21)22)19-12(20)8-4-5-18-11(6-8)23-9-2-1-3-9/h4-6,9-10H,1-3,7H2,(H,19,20)(H,21,22). The van der Waals surface area contributed by atoms with Gasteiger partial charge < -0.3 is 15.2 Å². The first-order valence-corrected chi connectivity index (χ1v) is 6.98. The largest absolute Gasteiger partial charge is 0.480 e. The number of hydrogen-bond donors (Lipinski definition) is 2. The maximum absolute atomic E-state index is 12.3. The molecular weight excluding hydrogens is 317 g/mol. The Labute approximate surface area is 129 Å². The Morgan fingerprint density at radius 3 is 2.65 bits per heavy atom. The van der Waals surface area contributed by atoms with E-state index in [2.05, 4.69) is 4.98 Å². The van der Waals surface area contributed by atoms with Gasteiger partial charge in [-0.1, -0.05) is 0 Å². The molecule has 1 fully saturated rings. The third kappa shape index (κ3) is 5.11. The number of aliphatic carboxylic acids is 1. The molecule has 1 aliphatic rings. The van der Waals surface area contributed by atoms with Crippen LogP contribution in [0.1, 0.15) is 36.0 Å². The molecule has 126 valence electrons. The van der Waals surface area contributed by atoms with Crippen LogP contribution >= 0.6 is 0 Å². The van der Waals surface area contributed by atoms with E-state index >= 15 is 0 Å². The predicted octanol–water partition coefficient (Wildman–Crippen LogP) is 2.15. The van der Waals surface area contributed by atoms with Gasteiger partial charge in [-0.3, -0.25) is 4.79 Å². The van der Waals surface area contributed by atoms with E-state index in [1.807, 2.05) is 5.32 Å². The molecule has 1 saturated carbocycles. The summed E-state index contributed by atoms with van der Waals surface area (Å²) in [6.45, 7) is 0. The van der Waals surface area contributed by atoms with Gasteiger partial charge in [0.2, 0.25) is 5.88 Å². The Balaban J connectivity index is 2.03. The predicted molar refractivity (Wildman–Crippen MR) is 72.1 cm³/mol. The number of pyridine rings is 1. The number of aromatic nitrogens is 1. The van der Waals surface area contributed by atoms with Crippen LogP contribution in [-0.2, 0) is 4.79 Å². The van der Waals surface area contributed by atoms with Gasteiger partial charge in [0.25, 0.3) is 5.91 Å². The SMILES string of the molecule is O=C(NC(CC(F)(F)F)C(=O)O)c1ccnc(OC2CCC2)c1. The zero-order valence-electron chi connectivity index (χ0n) is 12.0. The van der Waals surface area contributed by atoms with Crippen molar-refractivity contribution >= 4 is 11.9 Å². The average Bonchev–Trinajstić information content (AvgIpc) is 2.41. The van der Waals surface area contributed by atoms with E-state index in [9.17, 15) is 22.8 Å². The quantitative estimate of drug-likeness (QED) is 0.833. The van der Waals surface area contributed by atoms with Gasteiger partial charge in [-0.05, 0) is 25.3 Å². The molecule has 0 aromatic carbocycles. The van der Waals surface area contributed by atoms with Crippen molar-refractivity contribution in [1.82, 2.24) is 10.3 Å². The highest BCUT2D eigenvalue weighted by Gasteiger charge is 2.36. The second-order valence-electron chi connectivity index (χ2n) is 5.24. The minimum Gasteiger partial charge on any atom is -0.480 e. The van der Waals surface area contributed by atoms with Crippen molar-refractivity contribution in [2.45, 2.75) is 44.0 Å². The molecule has 1 amide bonds. The zero-order valence-corrected chi connectivity index (χ0v) is 12.0. The molecule has 6 nitrogen and oxygen atoms in total. The molecule has 23 heavy (non-hydrogen) atoms. The van der Waals surface area contributed by atoms with Crippen LogP contribution < -0.4 is 10.1 Å². The molecule has 1 unspecified atom stereocenters. The van der Waals surface area contributed by atoms with Crippen molar-refractivity contribution in [3.8, 4) is 5.88 Å². The molecule has 1 aromatic rings. The van der Waals surface area contributed by atoms with Crippen LogP contribution in [0.25, 0.3) is 0 Å². The van der Waals surface area contributed by atoms with Crippen LogP contribution in [0.3, 0.4) is 0 Å². The van der Waals surface area contributed by atoms with Crippen LogP contribution in [-0.4, -0.2) is 40.3 Å². The van der Waals surface area contributed by atoms with E-state index in [0.717, 1.165) is 19.3 Å². The molecule has 1 heterocycles. The number of carboxylic acids is 1. The topological polar surface area (TPSA) is 88.5 Å². The lowest BCUT2D eigenvalue weighted by Gasteiger charge is -2.25. The molecule has 0 radical (unpaired) electrons. The smallest absolute Gasteiger partial charge is 0.391 e. The maximum atomic E-state index is 12.3. The number of ether oxygens (including phenoxy) is 1. The second-order valence-corrected chi connectivity index (χ2v) is 5.24. The number of carbonyl (C=O) groups is 2. The van der Waals surface area contributed by atoms with Crippen LogP contribution in [0.2, 0.25) is 0 Å². The van der Waals surface area contributed by atoms with Crippen molar-refractivity contribution < 1.29 is 32.6 Å². The van der Waals surface area contributed by atoms with E-state index in [1.165, 1.54) is 18.3 Å². The van der Waals surface area contributed by atoms with Crippen LogP contribution in [0, 0.1) is 0 Å². The van der Waals surface area contributed by atoms with E-state index in [0.29, 0.717) is 0 Å². The highest BCUT2D eigenvalue weighted by Crippen LogP contribution is 2.24. The average molecular weight is 332 g/mol. The van der Waals surface area contributed by atoms with E-state index in [4.69, 9.17) is 9.84 Å². The van der Waals surface area contributed by atoms with Gasteiger partial charge in [-0.25, -0.2) is 9.78 Å². The Morgan fingerprint density at radius 2 is 2.13 bits per heavy atom. The number of carbonyl (C=O) groups excluding carboxylic acids is 1. The molecule has 1 aliphatic carbocycles. The summed E-state index contributed by atoms with van der Waals surface area (Å²) in [6.07, 6.45) is -2.24. The van der Waals surface area contributed by atoms with Gasteiger partial charge in [0, 0.05) is 17.8 Å². The molecular formula is C14H15F3N2O4. The number of hydrogen-bond acceptors (Lipinski definition) is 4. The fourth-order valence-corrected chi connectivity index (χ4v) is 1.95. The monoisotopic (exact) mass is 332 g/mol. The highest BCUT2D eigenvalue weighted by molar-refractivity contribution is 5.96. The summed E-state index contributed by atoms with van der Waals surface area (Å²) in [5.74, 6) is -2.50. The molecule has 1 atom stereocenters. The highest BCUT2D eigenvalue weighted by atomic mass is 19.4. The number of carboxylic acid groups (broad SMARTS) is 1. The normalized spacial score (nSPS) is 16.3. The first kappa shape index (κ1) is 17.0. The van der Waals surface area contributed by atoms with Gasteiger partial charge in [0.05, 0.1) is 6.42 Å². The second kappa shape index (κ2) is 6.84. The molecule has 0 bridgehead atoms. The number of rotatable bonds is 6. The summed E-state index contributed by atoms with van der Waals surface area (Å²) in [4.78, 5) is 26.7. The van der Waals surface area contributed by atoms with E-state index in [-0.39, 0.29) is 17.5 Å². The molecule has 0 aliphatic heterocycles. The number of amides is 1. The summed E-state index contributed by atoms with van der Waals surface area (Å²) in [6, 6.07) is 0.502. The summed E-state index contributed by atoms with van der Waals surface area (Å²) in [7, 11) is 0. The Morgan fingerprint density at radius 1 is 1.43 bits per heavy atom. The van der Waals surface area contributed by atoms with Gasteiger partial charge in [0.15, 0.2) is 0 Å². The first-order chi connectivity index (χ1) is 10.7. The minimum absolute atomic E-state index is 0.0113. The maximum Gasteiger partial charge on any atom is 0.391 e. The number of nitrogens with zero attached hydrogens (tertiary/aromatic N) is 1. The number of alkyl halides is 3. The number of nitrogens with one attached hydrogen (secondary N) is 1. The van der Waals surface area contributed by atoms with Gasteiger partial charge in [-0.15, -0.1) is 0 Å². The summed E-state index contributed by atoms with van der Waals surface area (Å²) in [5, 5.41) is 10.6. The van der Waals surface area contributed by atoms with Crippen LogP contribution in [0.4, 0.5) is 13.2 Å². The Kier molecular flexibility index (Phi) is 5.07. The minimum atomic E-state index is -4.70.